The van der Waals surface area contributed by atoms with Crippen molar-refractivity contribution >= 4 is 31.5 Å². The SMILES string of the molecule is CC1(c2ccccc2)c2ccccc2-c2c1ccc1c2-c2ccccc2C(c2nc(-c3ccccc3)cc(-c3cccc4sc5ccccc5c34)n2)C1. The molecule has 53 heavy (non-hydrogen) atoms. The van der Waals surface area contributed by atoms with E-state index in [1.165, 1.54) is 70.2 Å². The Morgan fingerprint density at radius 1 is 0.547 bits per heavy atom. The van der Waals surface area contributed by atoms with Gasteiger partial charge in [0.2, 0.25) is 0 Å². The summed E-state index contributed by atoms with van der Waals surface area (Å²) in [7, 11) is 0. The molecule has 250 valence electrons. The van der Waals surface area contributed by atoms with E-state index in [4.69, 9.17) is 9.97 Å². The molecule has 2 unspecified atom stereocenters. The number of benzene rings is 7. The zero-order valence-corrected chi connectivity index (χ0v) is 30.1. The first-order valence-electron chi connectivity index (χ1n) is 18.4. The lowest BCUT2D eigenvalue weighted by Gasteiger charge is -2.31. The predicted octanol–water partition coefficient (Wildman–Crippen LogP) is 12.9. The Hall–Kier alpha value is -6.16. The van der Waals surface area contributed by atoms with Crippen LogP contribution in [-0.4, -0.2) is 9.97 Å². The van der Waals surface area contributed by atoms with Crippen LogP contribution in [0.25, 0.3) is 64.9 Å². The van der Waals surface area contributed by atoms with E-state index < -0.39 is 0 Å². The topological polar surface area (TPSA) is 25.8 Å². The Bertz CT molecular complexity index is 2890. The van der Waals surface area contributed by atoms with Crippen molar-refractivity contribution in [2.75, 3.05) is 0 Å². The van der Waals surface area contributed by atoms with Crippen molar-refractivity contribution in [3.8, 4) is 44.8 Å². The van der Waals surface area contributed by atoms with Crippen LogP contribution < -0.4 is 0 Å². The highest BCUT2D eigenvalue weighted by atomic mass is 32.1. The second kappa shape index (κ2) is 11.7. The van der Waals surface area contributed by atoms with Crippen molar-refractivity contribution in [2.45, 2.75) is 24.7 Å². The van der Waals surface area contributed by atoms with Gasteiger partial charge in [0.1, 0.15) is 5.82 Å². The molecule has 0 radical (unpaired) electrons. The molecule has 0 aliphatic heterocycles. The standard InChI is InChI=1S/C50H34N2S/c1-50(33-17-6-3-7-18-33)40-24-12-10-21-36(40)48-41(50)28-27-32-29-39(34-19-8-9-20-35(34)46(32)48)49-51-42(31-15-4-2-5-16-31)30-43(52-49)37-23-14-26-45-47(37)38-22-11-13-25-44(38)53-45/h2-28,30,39H,29H2,1H3. The van der Waals surface area contributed by atoms with E-state index in [0.717, 1.165) is 34.8 Å². The van der Waals surface area contributed by atoms with Crippen LogP contribution in [0.3, 0.4) is 0 Å². The van der Waals surface area contributed by atoms with Crippen LogP contribution in [-0.2, 0) is 11.8 Å². The lowest BCUT2D eigenvalue weighted by atomic mass is 9.72. The zero-order chi connectivity index (χ0) is 35.1. The van der Waals surface area contributed by atoms with Crippen LogP contribution in [0, 0.1) is 0 Å². The maximum absolute atomic E-state index is 5.53. The summed E-state index contributed by atoms with van der Waals surface area (Å²) in [6.07, 6.45) is 0.826. The number of rotatable bonds is 4. The van der Waals surface area contributed by atoms with Gasteiger partial charge in [0.05, 0.1) is 11.4 Å². The number of hydrogen-bond acceptors (Lipinski definition) is 3. The van der Waals surface area contributed by atoms with Crippen LogP contribution in [0.1, 0.15) is 46.5 Å². The molecule has 2 atom stereocenters. The van der Waals surface area contributed by atoms with Gasteiger partial charge in [-0.3, -0.25) is 0 Å². The highest BCUT2D eigenvalue weighted by Gasteiger charge is 2.43. The monoisotopic (exact) mass is 694 g/mol. The molecule has 11 rings (SSSR count). The molecule has 0 amide bonds. The summed E-state index contributed by atoms with van der Waals surface area (Å²) in [6, 6.07) is 62.0. The first-order valence-corrected chi connectivity index (χ1v) is 19.2. The number of fused-ring (bicyclic) bond motifs is 10. The number of aromatic nitrogens is 2. The minimum atomic E-state index is -0.247. The first kappa shape index (κ1) is 30.5. The Morgan fingerprint density at radius 3 is 2.09 bits per heavy atom. The molecule has 0 bridgehead atoms. The Kier molecular flexibility index (Phi) is 6.71. The van der Waals surface area contributed by atoms with E-state index in [1.54, 1.807) is 0 Å². The summed E-state index contributed by atoms with van der Waals surface area (Å²) in [5.74, 6) is 0.862. The van der Waals surface area contributed by atoms with Gasteiger partial charge in [-0.05, 0) is 81.6 Å². The van der Waals surface area contributed by atoms with Gasteiger partial charge in [-0.25, -0.2) is 9.97 Å². The Labute approximate surface area is 313 Å². The van der Waals surface area contributed by atoms with Crippen LogP contribution in [0.5, 0.6) is 0 Å². The van der Waals surface area contributed by atoms with Crippen molar-refractivity contribution in [1.29, 1.82) is 0 Å². The van der Waals surface area contributed by atoms with E-state index in [0.29, 0.717) is 0 Å². The van der Waals surface area contributed by atoms with Gasteiger partial charge in [0, 0.05) is 42.6 Å². The molecule has 2 heterocycles. The van der Waals surface area contributed by atoms with Gasteiger partial charge in [-0.1, -0.05) is 152 Å². The van der Waals surface area contributed by atoms with Crippen LogP contribution in [0.4, 0.5) is 0 Å². The lowest BCUT2D eigenvalue weighted by molar-refractivity contribution is 0.709. The Morgan fingerprint density at radius 2 is 1.23 bits per heavy atom. The molecule has 2 aromatic heterocycles. The smallest absolute Gasteiger partial charge is 0.137 e. The minimum Gasteiger partial charge on any atom is -0.232 e. The number of nitrogens with zero attached hydrogens (tertiary/aromatic N) is 2. The fourth-order valence-corrected chi connectivity index (χ4v) is 10.4. The fraction of sp³-hybridized carbons (Fsp3) is 0.0800. The van der Waals surface area contributed by atoms with Crippen molar-refractivity contribution in [2.24, 2.45) is 0 Å². The van der Waals surface area contributed by atoms with Gasteiger partial charge >= 0.3 is 0 Å². The highest BCUT2D eigenvalue weighted by Crippen LogP contribution is 2.58. The summed E-state index contributed by atoms with van der Waals surface area (Å²) in [6.45, 7) is 2.40. The number of hydrogen-bond donors (Lipinski definition) is 0. The summed E-state index contributed by atoms with van der Waals surface area (Å²) < 4.78 is 2.57. The second-order valence-electron chi connectivity index (χ2n) is 14.5. The first-order chi connectivity index (χ1) is 26.2. The van der Waals surface area contributed by atoms with Crippen LogP contribution in [0.2, 0.25) is 0 Å². The second-order valence-corrected chi connectivity index (χ2v) is 15.6. The molecule has 0 spiro atoms. The minimum absolute atomic E-state index is 0.00487. The summed E-state index contributed by atoms with van der Waals surface area (Å²) in [5, 5.41) is 2.54. The van der Waals surface area contributed by atoms with Crippen molar-refractivity contribution in [1.82, 2.24) is 9.97 Å². The third-order valence-electron chi connectivity index (χ3n) is 11.7. The molecule has 2 nitrogen and oxygen atoms in total. The lowest BCUT2D eigenvalue weighted by Crippen LogP contribution is -2.23. The van der Waals surface area contributed by atoms with Gasteiger partial charge < -0.3 is 0 Å². The average molecular weight is 695 g/mol. The third kappa shape index (κ3) is 4.51. The van der Waals surface area contributed by atoms with E-state index in [9.17, 15) is 0 Å². The molecule has 0 fully saturated rings. The zero-order valence-electron chi connectivity index (χ0n) is 29.3. The quantitative estimate of drug-likeness (QED) is 0.183. The molecule has 3 heteroatoms. The van der Waals surface area contributed by atoms with Crippen molar-refractivity contribution in [3.63, 3.8) is 0 Å². The molecular weight excluding hydrogens is 661 g/mol. The van der Waals surface area contributed by atoms with E-state index in [-0.39, 0.29) is 11.3 Å². The van der Waals surface area contributed by atoms with Gasteiger partial charge in [-0.15, -0.1) is 11.3 Å². The molecule has 7 aromatic carbocycles. The van der Waals surface area contributed by atoms with Crippen LogP contribution >= 0.6 is 11.3 Å². The molecular formula is C50H34N2S. The van der Waals surface area contributed by atoms with Gasteiger partial charge in [0.25, 0.3) is 0 Å². The maximum Gasteiger partial charge on any atom is 0.137 e. The normalized spacial score (nSPS) is 17.0. The van der Waals surface area contributed by atoms with Gasteiger partial charge in [-0.2, -0.15) is 0 Å². The largest absolute Gasteiger partial charge is 0.232 e. The average Bonchev–Trinajstić information content (AvgIpc) is 3.74. The number of thiophene rings is 1. The van der Waals surface area contributed by atoms with E-state index in [2.05, 4.69) is 177 Å². The van der Waals surface area contributed by atoms with E-state index in [1.807, 2.05) is 11.3 Å². The molecule has 2 aliphatic rings. The predicted molar refractivity (Wildman–Crippen MR) is 221 cm³/mol. The summed E-state index contributed by atoms with van der Waals surface area (Å²) in [4.78, 5) is 10.9. The van der Waals surface area contributed by atoms with Crippen LogP contribution in [0.15, 0.2) is 170 Å². The Balaban J connectivity index is 1.13. The molecule has 0 N–H and O–H groups in total. The van der Waals surface area contributed by atoms with Crippen molar-refractivity contribution in [3.05, 3.63) is 203 Å². The molecule has 2 aliphatic carbocycles. The fourth-order valence-electron chi connectivity index (χ4n) is 9.28. The van der Waals surface area contributed by atoms with Crippen molar-refractivity contribution < 1.29 is 0 Å². The van der Waals surface area contributed by atoms with E-state index >= 15 is 0 Å². The molecule has 0 saturated carbocycles. The maximum atomic E-state index is 5.53. The van der Waals surface area contributed by atoms with Gasteiger partial charge in [0.15, 0.2) is 0 Å². The highest BCUT2D eigenvalue weighted by molar-refractivity contribution is 7.25. The third-order valence-corrected chi connectivity index (χ3v) is 12.9. The molecule has 0 saturated heterocycles. The molecule has 9 aromatic rings. The summed E-state index contributed by atoms with van der Waals surface area (Å²) in [5.41, 5.74) is 16.0. The summed E-state index contributed by atoms with van der Waals surface area (Å²) >= 11 is 1.85.